The number of aromatic nitrogens is 2. The maximum Gasteiger partial charge on any atom is 0.362 e. The quantitative estimate of drug-likeness (QED) is 0.755. The smallest absolute Gasteiger partial charge is 0.362 e. The van der Waals surface area contributed by atoms with Gasteiger partial charge in [-0.15, -0.1) is 0 Å². The maximum absolute atomic E-state index is 12.3. The lowest BCUT2D eigenvalue weighted by molar-refractivity contribution is 0.0587. The molecule has 1 heterocycles. The van der Waals surface area contributed by atoms with Crippen molar-refractivity contribution in [2.75, 3.05) is 14.2 Å². The average Bonchev–Trinajstić information content (AvgIpc) is 2.55. The van der Waals surface area contributed by atoms with E-state index in [2.05, 4.69) is 30.5 Å². The second kappa shape index (κ2) is 6.74. The number of ether oxygens (including phenoxy) is 2. The number of nitrogens with zero attached hydrogens (tertiary/aromatic N) is 2. The normalized spacial score (nSPS) is 10.3. The second-order valence-corrected chi connectivity index (χ2v) is 5.43. The number of esters is 2. The van der Waals surface area contributed by atoms with Gasteiger partial charge in [-0.1, -0.05) is 15.9 Å². The molecule has 7 nitrogen and oxygen atoms in total. The van der Waals surface area contributed by atoms with Gasteiger partial charge in [0.15, 0.2) is 0 Å². The van der Waals surface area contributed by atoms with Crippen molar-refractivity contribution in [1.29, 1.82) is 0 Å². The maximum atomic E-state index is 12.3. The summed E-state index contributed by atoms with van der Waals surface area (Å²) in [4.78, 5) is 36.1. The van der Waals surface area contributed by atoms with Crippen LogP contribution >= 0.6 is 15.9 Å². The van der Waals surface area contributed by atoms with Gasteiger partial charge >= 0.3 is 11.9 Å². The van der Waals surface area contributed by atoms with Gasteiger partial charge in [-0.2, -0.15) is 5.10 Å². The van der Waals surface area contributed by atoms with Crippen molar-refractivity contribution in [3.05, 3.63) is 55.9 Å². The lowest BCUT2D eigenvalue weighted by Crippen LogP contribution is -2.31. The van der Waals surface area contributed by atoms with Crippen LogP contribution in [-0.4, -0.2) is 35.9 Å². The van der Waals surface area contributed by atoms with Crippen LogP contribution in [0.5, 0.6) is 0 Å². The highest BCUT2D eigenvalue weighted by molar-refractivity contribution is 9.10. The molecule has 120 valence electrons. The van der Waals surface area contributed by atoms with E-state index in [1.165, 1.54) is 4.68 Å². The Kier molecular flexibility index (Phi) is 4.95. The Morgan fingerprint density at radius 1 is 1.09 bits per heavy atom. The van der Waals surface area contributed by atoms with Gasteiger partial charge in [0, 0.05) is 4.47 Å². The van der Waals surface area contributed by atoms with E-state index in [1.54, 1.807) is 31.2 Å². The fourth-order valence-electron chi connectivity index (χ4n) is 2.02. The number of methoxy groups -OCH3 is 2. The predicted molar refractivity (Wildman–Crippen MR) is 85.0 cm³/mol. The number of carbonyl (C=O) groups excluding carboxylic acids is 2. The summed E-state index contributed by atoms with van der Waals surface area (Å²) < 4.78 is 11.4. The Morgan fingerprint density at radius 2 is 1.65 bits per heavy atom. The van der Waals surface area contributed by atoms with E-state index in [0.29, 0.717) is 5.69 Å². The second-order valence-electron chi connectivity index (χ2n) is 4.51. The largest absolute Gasteiger partial charge is 0.465 e. The fourth-order valence-corrected chi connectivity index (χ4v) is 2.28. The molecule has 0 amide bonds. The monoisotopic (exact) mass is 380 g/mol. The standard InChI is InChI=1S/C15H13BrN2O5/c1-8-11(14(20)22-2)13(19)12(15(21)23-3)17-18(8)10-6-4-9(16)5-7-10/h4-7H,1-3H3. The third-order valence-electron chi connectivity index (χ3n) is 3.16. The predicted octanol–water partition coefficient (Wildman–Crippen LogP) is 1.88. The van der Waals surface area contributed by atoms with E-state index in [9.17, 15) is 14.4 Å². The van der Waals surface area contributed by atoms with Crippen molar-refractivity contribution in [3.63, 3.8) is 0 Å². The van der Waals surface area contributed by atoms with Crippen LogP contribution < -0.4 is 5.43 Å². The van der Waals surface area contributed by atoms with E-state index in [-0.39, 0.29) is 11.3 Å². The lowest BCUT2D eigenvalue weighted by Gasteiger charge is -2.14. The fraction of sp³-hybridized carbons (Fsp3) is 0.200. The van der Waals surface area contributed by atoms with Gasteiger partial charge in [-0.25, -0.2) is 14.3 Å². The van der Waals surface area contributed by atoms with Gasteiger partial charge in [-0.05, 0) is 31.2 Å². The summed E-state index contributed by atoms with van der Waals surface area (Å²) in [6, 6.07) is 6.97. The third kappa shape index (κ3) is 3.16. The Bertz CT molecular complexity index is 827. The van der Waals surface area contributed by atoms with Gasteiger partial charge < -0.3 is 9.47 Å². The summed E-state index contributed by atoms with van der Waals surface area (Å²) in [6.45, 7) is 1.55. The molecule has 0 saturated carbocycles. The number of rotatable bonds is 3. The minimum absolute atomic E-state index is 0.259. The van der Waals surface area contributed by atoms with Crippen molar-refractivity contribution in [1.82, 2.24) is 9.78 Å². The Morgan fingerprint density at radius 3 is 2.17 bits per heavy atom. The summed E-state index contributed by atoms with van der Waals surface area (Å²) in [5.41, 5.74) is -0.736. The first-order valence-corrected chi connectivity index (χ1v) is 7.26. The molecule has 1 aromatic carbocycles. The molecule has 1 aromatic heterocycles. The third-order valence-corrected chi connectivity index (χ3v) is 3.69. The van der Waals surface area contributed by atoms with E-state index in [1.807, 2.05) is 0 Å². The van der Waals surface area contributed by atoms with Crippen molar-refractivity contribution >= 4 is 27.9 Å². The van der Waals surface area contributed by atoms with Crippen molar-refractivity contribution in [2.24, 2.45) is 0 Å². The van der Waals surface area contributed by atoms with Crippen LogP contribution in [0.2, 0.25) is 0 Å². The Hall–Kier alpha value is -2.48. The van der Waals surface area contributed by atoms with Crippen molar-refractivity contribution < 1.29 is 19.1 Å². The Labute approximate surface area is 140 Å². The Balaban J connectivity index is 2.81. The minimum Gasteiger partial charge on any atom is -0.465 e. The lowest BCUT2D eigenvalue weighted by atomic mass is 10.1. The van der Waals surface area contributed by atoms with Gasteiger partial charge in [0.1, 0.15) is 5.56 Å². The molecule has 8 heteroatoms. The molecule has 0 N–H and O–H groups in total. The first-order valence-electron chi connectivity index (χ1n) is 6.47. The molecule has 0 aliphatic heterocycles. The highest BCUT2D eigenvalue weighted by atomic mass is 79.9. The molecule has 0 radical (unpaired) electrons. The van der Waals surface area contributed by atoms with Crippen molar-refractivity contribution in [2.45, 2.75) is 6.92 Å². The zero-order valence-electron chi connectivity index (χ0n) is 12.6. The van der Waals surface area contributed by atoms with Crippen LogP contribution in [0.1, 0.15) is 26.5 Å². The number of benzene rings is 1. The molecule has 2 rings (SSSR count). The van der Waals surface area contributed by atoms with E-state index >= 15 is 0 Å². The molecule has 0 aliphatic carbocycles. The van der Waals surface area contributed by atoms with E-state index < -0.39 is 23.1 Å². The van der Waals surface area contributed by atoms with Crippen LogP contribution in [0.4, 0.5) is 0 Å². The summed E-state index contributed by atoms with van der Waals surface area (Å²) in [7, 11) is 2.29. The van der Waals surface area contributed by atoms with Gasteiger partial charge in [0.25, 0.3) is 0 Å². The minimum atomic E-state index is -0.925. The molecule has 0 saturated heterocycles. The molecular weight excluding hydrogens is 368 g/mol. The van der Waals surface area contributed by atoms with Gasteiger partial charge in [-0.3, -0.25) is 4.79 Å². The molecule has 0 unspecified atom stereocenters. The van der Waals surface area contributed by atoms with Crippen molar-refractivity contribution in [3.8, 4) is 5.69 Å². The summed E-state index contributed by atoms with van der Waals surface area (Å²) in [5, 5.41) is 4.03. The number of hydrogen-bond acceptors (Lipinski definition) is 6. The van der Waals surface area contributed by atoms with E-state index in [0.717, 1.165) is 18.7 Å². The average molecular weight is 381 g/mol. The SMILES string of the molecule is COC(=O)c1nn(-c2ccc(Br)cc2)c(C)c(C(=O)OC)c1=O. The van der Waals surface area contributed by atoms with Crippen LogP contribution in [0.15, 0.2) is 33.5 Å². The number of carbonyl (C=O) groups is 2. The topological polar surface area (TPSA) is 87.5 Å². The molecule has 0 atom stereocenters. The van der Waals surface area contributed by atoms with Crippen LogP contribution in [0.3, 0.4) is 0 Å². The van der Waals surface area contributed by atoms with Gasteiger partial charge in [0.05, 0.1) is 25.6 Å². The summed E-state index contributed by atoms with van der Waals surface area (Å²) in [5.74, 6) is -1.77. The molecule has 0 aliphatic rings. The van der Waals surface area contributed by atoms with Crippen LogP contribution in [0.25, 0.3) is 5.69 Å². The number of hydrogen-bond donors (Lipinski definition) is 0. The zero-order chi connectivity index (χ0) is 17.1. The molecule has 0 fully saturated rings. The molecule has 0 bridgehead atoms. The van der Waals surface area contributed by atoms with Gasteiger partial charge in [0.2, 0.25) is 11.1 Å². The summed E-state index contributed by atoms with van der Waals surface area (Å²) >= 11 is 3.32. The first-order chi connectivity index (χ1) is 10.9. The number of halogens is 1. The molecule has 0 spiro atoms. The van der Waals surface area contributed by atoms with Crippen LogP contribution in [0, 0.1) is 6.92 Å². The highest BCUT2D eigenvalue weighted by Gasteiger charge is 2.25. The zero-order valence-corrected chi connectivity index (χ0v) is 14.2. The van der Waals surface area contributed by atoms with Crippen LogP contribution in [-0.2, 0) is 9.47 Å². The van der Waals surface area contributed by atoms with E-state index in [4.69, 9.17) is 0 Å². The highest BCUT2D eigenvalue weighted by Crippen LogP contribution is 2.16. The molecule has 2 aromatic rings. The first kappa shape index (κ1) is 16.9. The molecule has 23 heavy (non-hydrogen) atoms. The molecular formula is C15H13BrN2O5. The summed E-state index contributed by atoms with van der Waals surface area (Å²) in [6.07, 6.45) is 0.